The second kappa shape index (κ2) is 7.04. The highest BCUT2D eigenvalue weighted by Crippen LogP contribution is 2.10. The van der Waals surface area contributed by atoms with Crippen molar-refractivity contribution >= 4 is 5.78 Å². The summed E-state index contributed by atoms with van der Waals surface area (Å²) in [5.41, 5.74) is 5.50. The number of rotatable bonds is 7. The lowest BCUT2D eigenvalue weighted by Gasteiger charge is -2.16. The topological polar surface area (TPSA) is 52.3 Å². The smallest absolute Gasteiger partial charge is 0.163 e. The van der Waals surface area contributed by atoms with E-state index in [4.69, 9.17) is 10.5 Å². The van der Waals surface area contributed by atoms with Gasteiger partial charge in [0.15, 0.2) is 5.78 Å². The van der Waals surface area contributed by atoms with E-state index in [0.29, 0.717) is 19.1 Å². The molecule has 0 aromatic rings. The maximum absolute atomic E-state index is 11.5. The molecule has 13 heavy (non-hydrogen) atoms. The van der Waals surface area contributed by atoms with Crippen molar-refractivity contribution in [3.8, 4) is 0 Å². The molecule has 0 radical (unpaired) electrons. The molecule has 3 heteroatoms. The van der Waals surface area contributed by atoms with Crippen LogP contribution in [0.5, 0.6) is 0 Å². The van der Waals surface area contributed by atoms with E-state index in [1.54, 1.807) is 0 Å². The number of hydrogen-bond acceptors (Lipinski definition) is 3. The average Bonchev–Trinajstić information content (AvgIpc) is 2.05. The van der Waals surface area contributed by atoms with Crippen LogP contribution in [-0.4, -0.2) is 25.5 Å². The van der Waals surface area contributed by atoms with Crippen LogP contribution < -0.4 is 5.73 Å². The third-order valence-electron chi connectivity index (χ3n) is 2.07. The van der Waals surface area contributed by atoms with Crippen LogP contribution in [0.4, 0.5) is 0 Å². The molecule has 0 heterocycles. The van der Waals surface area contributed by atoms with Gasteiger partial charge in [-0.15, -0.1) is 0 Å². The Morgan fingerprint density at radius 1 is 1.46 bits per heavy atom. The Bertz CT molecular complexity index is 146. The van der Waals surface area contributed by atoms with Gasteiger partial charge in [0, 0.05) is 19.1 Å². The van der Waals surface area contributed by atoms with Gasteiger partial charge in [-0.1, -0.05) is 20.8 Å². The van der Waals surface area contributed by atoms with E-state index in [-0.39, 0.29) is 18.3 Å². The van der Waals surface area contributed by atoms with E-state index in [1.807, 2.05) is 20.8 Å². The number of hydrogen-bond donors (Lipinski definition) is 1. The van der Waals surface area contributed by atoms with Crippen molar-refractivity contribution in [2.45, 2.75) is 27.2 Å². The molecule has 0 saturated carbocycles. The van der Waals surface area contributed by atoms with E-state index in [1.165, 1.54) is 0 Å². The standard InChI is InChI=1S/C10H21NO2/c1-4-5-13-7-10(12)9(6-11)8(2)3/h8-9H,4-7,11H2,1-3H3. The van der Waals surface area contributed by atoms with Crippen LogP contribution in [0.2, 0.25) is 0 Å². The van der Waals surface area contributed by atoms with Gasteiger partial charge in [0.2, 0.25) is 0 Å². The molecule has 0 bridgehead atoms. The van der Waals surface area contributed by atoms with E-state index in [0.717, 1.165) is 6.42 Å². The van der Waals surface area contributed by atoms with Crippen molar-refractivity contribution in [1.82, 2.24) is 0 Å². The molecule has 78 valence electrons. The Kier molecular flexibility index (Phi) is 6.82. The van der Waals surface area contributed by atoms with Crippen LogP contribution in [0.1, 0.15) is 27.2 Å². The molecule has 0 spiro atoms. The summed E-state index contributed by atoms with van der Waals surface area (Å²) in [6, 6.07) is 0. The van der Waals surface area contributed by atoms with Crippen molar-refractivity contribution in [3.05, 3.63) is 0 Å². The van der Waals surface area contributed by atoms with E-state index >= 15 is 0 Å². The number of nitrogens with two attached hydrogens (primary N) is 1. The zero-order valence-corrected chi connectivity index (χ0v) is 8.88. The molecule has 0 amide bonds. The Balaban J connectivity index is 3.78. The number of Topliss-reactive ketones (excluding diaryl/α,β-unsaturated/α-hetero) is 1. The zero-order chi connectivity index (χ0) is 10.3. The van der Waals surface area contributed by atoms with Gasteiger partial charge in [-0.25, -0.2) is 0 Å². The van der Waals surface area contributed by atoms with Crippen LogP contribution in [0.25, 0.3) is 0 Å². The molecular formula is C10H21NO2. The summed E-state index contributed by atoms with van der Waals surface area (Å²) in [5.74, 6) is 0.394. The van der Waals surface area contributed by atoms with Crippen molar-refractivity contribution < 1.29 is 9.53 Å². The van der Waals surface area contributed by atoms with Crippen LogP contribution in [-0.2, 0) is 9.53 Å². The second-order valence-electron chi connectivity index (χ2n) is 3.61. The molecule has 0 saturated heterocycles. The summed E-state index contributed by atoms with van der Waals surface area (Å²) < 4.78 is 5.17. The molecule has 0 aromatic carbocycles. The fourth-order valence-electron chi connectivity index (χ4n) is 1.20. The van der Waals surface area contributed by atoms with Gasteiger partial charge < -0.3 is 10.5 Å². The second-order valence-corrected chi connectivity index (χ2v) is 3.61. The Morgan fingerprint density at radius 3 is 2.46 bits per heavy atom. The van der Waals surface area contributed by atoms with E-state index < -0.39 is 0 Å². The summed E-state index contributed by atoms with van der Waals surface area (Å²) in [6.45, 7) is 7.33. The molecule has 0 aliphatic heterocycles. The molecule has 3 nitrogen and oxygen atoms in total. The van der Waals surface area contributed by atoms with E-state index in [2.05, 4.69) is 0 Å². The SMILES string of the molecule is CCCOCC(=O)C(CN)C(C)C. The number of carbonyl (C=O) groups is 1. The first-order valence-electron chi connectivity index (χ1n) is 4.94. The Labute approximate surface area is 80.6 Å². The fourth-order valence-corrected chi connectivity index (χ4v) is 1.20. The maximum Gasteiger partial charge on any atom is 0.163 e. The van der Waals surface area contributed by atoms with Crippen molar-refractivity contribution in [2.24, 2.45) is 17.6 Å². The normalized spacial score (nSPS) is 13.3. The number of ether oxygens (including phenoxy) is 1. The predicted octanol–water partition coefficient (Wildman–Crippen LogP) is 1.21. The molecule has 2 N–H and O–H groups in total. The minimum Gasteiger partial charge on any atom is -0.374 e. The van der Waals surface area contributed by atoms with Crippen molar-refractivity contribution in [3.63, 3.8) is 0 Å². The lowest BCUT2D eigenvalue weighted by molar-refractivity contribution is -0.128. The summed E-state index contributed by atoms with van der Waals surface area (Å²) in [7, 11) is 0. The zero-order valence-electron chi connectivity index (χ0n) is 8.88. The van der Waals surface area contributed by atoms with Crippen LogP contribution in [0, 0.1) is 11.8 Å². The van der Waals surface area contributed by atoms with Crippen LogP contribution in [0.15, 0.2) is 0 Å². The minimum absolute atomic E-state index is 0.0446. The first-order valence-corrected chi connectivity index (χ1v) is 4.94. The summed E-state index contributed by atoms with van der Waals surface area (Å²) in [4.78, 5) is 11.5. The highest BCUT2D eigenvalue weighted by Gasteiger charge is 2.19. The van der Waals surface area contributed by atoms with Crippen LogP contribution in [0.3, 0.4) is 0 Å². The maximum atomic E-state index is 11.5. The van der Waals surface area contributed by atoms with E-state index in [9.17, 15) is 4.79 Å². The fraction of sp³-hybridized carbons (Fsp3) is 0.900. The van der Waals surface area contributed by atoms with Gasteiger partial charge >= 0.3 is 0 Å². The van der Waals surface area contributed by atoms with Crippen molar-refractivity contribution in [2.75, 3.05) is 19.8 Å². The first kappa shape index (κ1) is 12.6. The highest BCUT2D eigenvalue weighted by atomic mass is 16.5. The Morgan fingerprint density at radius 2 is 2.08 bits per heavy atom. The number of ketones is 1. The third kappa shape index (κ3) is 5.01. The Hall–Kier alpha value is -0.410. The summed E-state index contributed by atoms with van der Waals surface area (Å²) in [6.07, 6.45) is 0.947. The third-order valence-corrected chi connectivity index (χ3v) is 2.07. The van der Waals surface area contributed by atoms with Gasteiger partial charge in [0.05, 0.1) is 0 Å². The van der Waals surface area contributed by atoms with Gasteiger partial charge in [-0.05, 0) is 12.3 Å². The monoisotopic (exact) mass is 187 g/mol. The lowest BCUT2D eigenvalue weighted by Crippen LogP contribution is -2.31. The molecular weight excluding hydrogens is 166 g/mol. The quantitative estimate of drug-likeness (QED) is 0.609. The van der Waals surface area contributed by atoms with Crippen molar-refractivity contribution in [1.29, 1.82) is 0 Å². The molecule has 0 fully saturated rings. The van der Waals surface area contributed by atoms with Gasteiger partial charge in [-0.2, -0.15) is 0 Å². The minimum atomic E-state index is -0.0446. The molecule has 1 unspecified atom stereocenters. The molecule has 1 atom stereocenters. The largest absolute Gasteiger partial charge is 0.374 e. The van der Waals surface area contributed by atoms with Gasteiger partial charge in [0.25, 0.3) is 0 Å². The molecule has 0 aliphatic rings. The first-order chi connectivity index (χ1) is 6.13. The highest BCUT2D eigenvalue weighted by molar-refractivity contribution is 5.82. The number of carbonyl (C=O) groups excluding carboxylic acids is 1. The molecule has 0 rings (SSSR count). The average molecular weight is 187 g/mol. The molecule has 0 aliphatic carbocycles. The summed E-state index contributed by atoms with van der Waals surface area (Å²) in [5, 5.41) is 0. The lowest BCUT2D eigenvalue weighted by atomic mass is 9.92. The predicted molar refractivity (Wildman–Crippen MR) is 53.5 cm³/mol. The summed E-state index contributed by atoms with van der Waals surface area (Å²) >= 11 is 0. The van der Waals surface area contributed by atoms with Gasteiger partial charge in [-0.3, -0.25) is 4.79 Å². The molecule has 0 aromatic heterocycles. The van der Waals surface area contributed by atoms with Gasteiger partial charge in [0.1, 0.15) is 6.61 Å². The van der Waals surface area contributed by atoms with Crippen LogP contribution >= 0.6 is 0 Å².